The van der Waals surface area contributed by atoms with E-state index in [-0.39, 0.29) is 6.42 Å². The van der Waals surface area contributed by atoms with E-state index in [4.69, 9.17) is 0 Å². The van der Waals surface area contributed by atoms with Gasteiger partial charge < -0.3 is 4.74 Å². The van der Waals surface area contributed by atoms with Gasteiger partial charge in [0.2, 0.25) is 0 Å². The number of rotatable bonds is 0. The van der Waals surface area contributed by atoms with E-state index in [9.17, 15) is 18.0 Å². The second kappa shape index (κ2) is 2.39. The minimum absolute atomic E-state index is 0.248. The summed E-state index contributed by atoms with van der Waals surface area (Å²) in [6, 6.07) is 0. The predicted octanol–water partition coefficient (Wildman–Crippen LogP) is 1.50. The Labute approximate surface area is 61.3 Å². The van der Waals surface area contributed by atoms with E-state index in [1.165, 1.54) is 6.92 Å². The van der Waals surface area contributed by atoms with Gasteiger partial charge in [-0.05, 0) is 6.92 Å². The molecule has 0 amide bonds. The fraction of sp³-hybridized carbons (Fsp3) is 0.833. The van der Waals surface area contributed by atoms with Gasteiger partial charge in [0.1, 0.15) is 6.10 Å². The molecule has 2 nitrogen and oxygen atoms in total. The number of cyclic esters (lactones) is 1. The van der Waals surface area contributed by atoms with Crippen molar-refractivity contribution in [1.82, 2.24) is 0 Å². The Morgan fingerprint density at radius 1 is 1.55 bits per heavy atom. The Hall–Kier alpha value is -0.740. The fourth-order valence-electron chi connectivity index (χ4n) is 1.02. The molecule has 0 aromatic carbocycles. The van der Waals surface area contributed by atoms with E-state index in [0.717, 1.165) is 0 Å². The molecule has 0 saturated carbocycles. The summed E-state index contributed by atoms with van der Waals surface area (Å²) in [6.45, 7) is 1.45. The summed E-state index contributed by atoms with van der Waals surface area (Å²) in [7, 11) is 0. The van der Waals surface area contributed by atoms with Gasteiger partial charge >= 0.3 is 12.1 Å². The molecule has 1 heterocycles. The monoisotopic (exact) mass is 168 g/mol. The highest BCUT2D eigenvalue weighted by atomic mass is 19.4. The minimum atomic E-state index is -4.44. The average molecular weight is 168 g/mol. The van der Waals surface area contributed by atoms with Crippen molar-refractivity contribution >= 4 is 5.97 Å². The molecule has 0 radical (unpaired) electrons. The largest absolute Gasteiger partial charge is 0.462 e. The van der Waals surface area contributed by atoms with Crippen molar-refractivity contribution in [2.45, 2.75) is 25.6 Å². The van der Waals surface area contributed by atoms with Gasteiger partial charge in [0.05, 0.1) is 0 Å². The van der Waals surface area contributed by atoms with Crippen LogP contribution < -0.4 is 0 Å². The van der Waals surface area contributed by atoms with Crippen LogP contribution in [0.5, 0.6) is 0 Å². The number of esters is 1. The Kier molecular flexibility index (Phi) is 1.82. The lowest BCUT2D eigenvalue weighted by molar-refractivity contribution is -0.185. The summed E-state index contributed by atoms with van der Waals surface area (Å²) in [5.41, 5.74) is 0. The summed E-state index contributed by atoms with van der Waals surface area (Å²) in [5, 5.41) is 0. The van der Waals surface area contributed by atoms with Crippen molar-refractivity contribution in [2.75, 3.05) is 0 Å². The van der Waals surface area contributed by atoms with Gasteiger partial charge in [-0.2, -0.15) is 13.2 Å². The molecule has 2 atom stereocenters. The lowest BCUT2D eigenvalue weighted by atomic mass is 10.1. The number of hydrogen-bond donors (Lipinski definition) is 0. The molecule has 1 fully saturated rings. The van der Waals surface area contributed by atoms with Crippen molar-refractivity contribution in [2.24, 2.45) is 5.92 Å². The summed E-state index contributed by atoms with van der Waals surface area (Å²) in [4.78, 5) is 10.5. The average Bonchev–Trinajstić information content (AvgIpc) is 2.08. The van der Waals surface area contributed by atoms with Gasteiger partial charge in [0.25, 0.3) is 0 Å². The van der Waals surface area contributed by atoms with Gasteiger partial charge in [0, 0.05) is 6.42 Å². The Morgan fingerprint density at radius 2 is 2.09 bits per heavy atom. The molecule has 1 rings (SSSR count). The van der Waals surface area contributed by atoms with Crippen LogP contribution in [-0.4, -0.2) is 18.2 Å². The van der Waals surface area contributed by atoms with E-state index < -0.39 is 24.2 Å². The molecule has 5 heteroatoms. The predicted molar refractivity (Wildman–Crippen MR) is 29.7 cm³/mol. The van der Waals surface area contributed by atoms with Crippen LogP contribution >= 0.6 is 0 Å². The number of ether oxygens (including phenoxy) is 1. The molecule has 1 saturated heterocycles. The van der Waals surface area contributed by atoms with E-state index >= 15 is 0 Å². The zero-order valence-electron chi connectivity index (χ0n) is 5.81. The second-order valence-electron chi connectivity index (χ2n) is 2.58. The van der Waals surface area contributed by atoms with Crippen LogP contribution in [0.3, 0.4) is 0 Å². The Balaban J connectivity index is 2.68. The molecule has 1 aliphatic rings. The minimum Gasteiger partial charge on any atom is -0.462 e. The first kappa shape index (κ1) is 8.36. The molecule has 1 aliphatic heterocycles. The molecule has 0 N–H and O–H groups in total. The Morgan fingerprint density at radius 3 is 2.27 bits per heavy atom. The fourth-order valence-corrected chi connectivity index (χ4v) is 1.02. The first-order valence-electron chi connectivity index (χ1n) is 3.18. The third-order valence-corrected chi connectivity index (χ3v) is 1.56. The van der Waals surface area contributed by atoms with E-state index in [1.54, 1.807) is 0 Å². The van der Waals surface area contributed by atoms with Crippen LogP contribution in [0.4, 0.5) is 13.2 Å². The Bertz CT molecular complexity index is 175. The maximum atomic E-state index is 11.9. The number of carbonyl (C=O) groups is 1. The quantitative estimate of drug-likeness (QED) is 0.512. The van der Waals surface area contributed by atoms with Crippen molar-refractivity contribution in [3.8, 4) is 0 Å². The van der Waals surface area contributed by atoms with Crippen molar-refractivity contribution in [3.63, 3.8) is 0 Å². The zero-order chi connectivity index (χ0) is 8.65. The summed E-state index contributed by atoms with van der Waals surface area (Å²) >= 11 is 0. The highest BCUT2D eigenvalue weighted by molar-refractivity contribution is 5.75. The highest BCUT2D eigenvalue weighted by Crippen LogP contribution is 2.35. The molecule has 0 aromatic heterocycles. The van der Waals surface area contributed by atoms with E-state index in [1.807, 2.05) is 0 Å². The zero-order valence-corrected chi connectivity index (χ0v) is 5.81. The summed E-state index contributed by atoms with van der Waals surface area (Å²) in [6.07, 6.45) is -5.29. The topological polar surface area (TPSA) is 26.3 Å². The number of alkyl halides is 3. The lowest BCUT2D eigenvalue weighted by Crippen LogP contribution is -2.26. The van der Waals surface area contributed by atoms with Crippen LogP contribution in [0.15, 0.2) is 0 Å². The van der Waals surface area contributed by atoms with Crippen LogP contribution in [0.25, 0.3) is 0 Å². The van der Waals surface area contributed by atoms with Gasteiger partial charge in [-0.25, -0.2) is 0 Å². The standard InChI is InChI=1S/C6H7F3O2/c1-3-2-4(5(10)11-3)6(7,8)9/h3-4H,2H2,1H3/t3-,4+/m1/s1. The number of carbonyl (C=O) groups excluding carboxylic acids is 1. The van der Waals surface area contributed by atoms with Gasteiger partial charge in [0.15, 0.2) is 5.92 Å². The second-order valence-corrected chi connectivity index (χ2v) is 2.58. The molecule has 64 valence electrons. The third-order valence-electron chi connectivity index (χ3n) is 1.56. The molecule has 0 spiro atoms. The number of hydrogen-bond acceptors (Lipinski definition) is 2. The normalized spacial score (nSPS) is 32.2. The lowest BCUT2D eigenvalue weighted by Gasteiger charge is -2.08. The number of halogens is 3. The summed E-state index contributed by atoms with van der Waals surface area (Å²) in [5.74, 6) is -3.05. The molecular weight excluding hydrogens is 161 g/mol. The van der Waals surface area contributed by atoms with Crippen LogP contribution in [0.1, 0.15) is 13.3 Å². The third kappa shape index (κ3) is 1.64. The van der Waals surface area contributed by atoms with Crippen LogP contribution in [0.2, 0.25) is 0 Å². The van der Waals surface area contributed by atoms with Crippen molar-refractivity contribution in [3.05, 3.63) is 0 Å². The van der Waals surface area contributed by atoms with Gasteiger partial charge in [-0.3, -0.25) is 4.79 Å². The molecule has 0 aliphatic carbocycles. The maximum absolute atomic E-state index is 11.9. The van der Waals surface area contributed by atoms with Gasteiger partial charge in [-0.1, -0.05) is 0 Å². The van der Waals surface area contributed by atoms with E-state index in [2.05, 4.69) is 4.74 Å². The molecule has 0 aromatic rings. The molecular formula is C6H7F3O2. The highest BCUT2D eigenvalue weighted by Gasteiger charge is 2.50. The molecule has 11 heavy (non-hydrogen) atoms. The SMILES string of the molecule is C[C@@H]1C[C@H](C(F)(F)F)C(=O)O1. The van der Waals surface area contributed by atoms with Crippen molar-refractivity contribution < 1.29 is 22.7 Å². The maximum Gasteiger partial charge on any atom is 0.402 e. The molecule has 0 unspecified atom stereocenters. The smallest absolute Gasteiger partial charge is 0.402 e. The van der Waals surface area contributed by atoms with Gasteiger partial charge in [-0.15, -0.1) is 0 Å². The molecule has 0 bridgehead atoms. The van der Waals surface area contributed by atoms with Crippen LogP contribution in [-0.2, 0) is 9.53 Å². The first-order valence-corrected chi connectivity index (χ1v) is 3.18. The summed E-state index contributed by atoms with van der Waals surface area (Å²) < 4.78 is 40.0. The van der Waals surface area contributed by atoms with Crippen LogP contribution in [0, 0.1) is 5.92 Å². The van der Waals surface area contributed by atoms with E-state index in [0.29, 0.717) is 0 Å². The van der Waals surface area contributed by atoms with Crippen molar-refractivity contribution in [1.29, 1.82) is 0 Å². The first-order chi connectivity index (χ1) is 4.91.